The first-order valence-electron chi connectivity index (χ1n) is 3.89. The molecule has 3 heteroatoms. The summed E-state index contributed by atoms with van der Waals surface area (Å²) in [5.74, 6) is 0.0701. The fourth-order valence-corrected chi connectivity index (χ4v) is 1.29. The Morgan fingerprint density at radius 3 is 2.92 bits per heavy atom. The monoisotopic (exact) mass is 176 g/mol. The van der Waals surface area contributed by atoms with Crippen molar-refractivity contribution in [3.05, 3.63) is 30.0 Å². The molecule has 0 saturated carbocycles. The number of rotatable bonds is 1. The number of benzene rings is 1. The van der Waals surface area contributed by atoms with Crippen LogP contribution >= 0.6 is 0 Å². The van der Waals surface area contributed by atoms with E-state index in [4.69, 9.17) is 4.42 Å². The number of carbonyl (C=O) groups excluding carboxylic acids is 1. The zero-order valence-electron chi connectivity index (χ0n) is 7.07. The van der Waals surface area contributed by atoms with Crippen molar-refractivity contribution in [1.29, 1.82) is 0 Å². The molecule has 1 aromatic carbocycles. The van der Waals surface area contributed by atoms with Crippen LogP contribution in [-0.2, 0) is 0 Å². The zero-order chi connectivity index (χ0) is 9.42. The molecule has 0 aliphatic heterocycles. The summed E-state index contributed by atoms with van der Waals surface area (Å²) in [4.78, 5) is 11.1. The molecule has 2 rings (SSSR count). The molecule has 0 fully saturated rings. The molecule has 1 aromatic heterocycles. The van der Waals surface area contributed by atoms with Crippen LogP contribution in [0.1, 0.15) is 17.3 Å². The number of fused-ring (bicyclic) bond motifs is 1. The summed E-state index contributed by atoms with van der Waals surface area (Å²) < 4.78 is 5.13. The van der Waals surface area contributed by atoms with Crippen LogP contribution in [0.3, 0.4) is 0 Å². The topological polar surface area (TPSA) is 50.4 Å². The molecule has 2 aromatic rings. The number of hydrogen-bond donors (Lipinski definition) is 1. The summed E-state index contributed by atoms with van der Waals surface area (Å²) in [7, 11) is 0. The van der Waals surface area contributed by atoms with Crippen LogP contribution in [0.4, 0.5) is 0 Å². The van der Waals surface area contributed by atoms with E-state index >= 15 is 0 Å². The minimum atomic E-state index is -0.0654. The maximum Gasteiger partial charge on any atom is 0.163 e. The molecule has 13 heavy (non-hydrogen) atoms. The molecule has 0 unspecified atom stereocenters. The molecule has 3 nitrogen and oxygen atoms in total. The molecular formula is C10H8O3. The van der Waals surface area contributed by atoms with E-state index in [0.717, 1.165) is 0 Å². The lowest BCUT2D eigenvalue weighted by Gasteiger charge is -1.92. The first-order chi connectivity index (χ1) is 6.18. The maximum atomic E-state index is 11.1. The summed E-state index contributed by atoms with van der Waals surface area (Å²) in [5, 5.41) is 9.86. The Balaban J connectivity index is 2.79. The van der Waals surface area contributed by atoms with Gasteiger partial charge in [-0.2, -0.15) is 0 Å². The summed E-state index contributed by atoms with van der Waals surface area (Å²) in [6.45, 7) is 1.47. The lowest BCUT2D eigenvalue weighted by Crippen LogP contribution is -1.88. The second kappa shape index (κ2) is 2.62. The predicted molar refractivity (Wildman–Crippen MR) is 47.9 cm³/mol. The van der Waals surface area contributed by atoms with E-state index in [1.54, 1.807) is 6.07 Å². The van der Waals surface area contributed by atoms with Crippen molar-refractivity contribution >= 4 is 16.8 Å². The number of aromatic hydroxyl groups is 1. The van der Waals surface area contributed by atoms with Gasteiger partial charge in [0.1, 0.15) is 17.6 Å². The molecule has 1 N–H and O–H groups in total. The third-order valence-electron chi connectivity index (χ3n) is 1.94. The van der Waals surface area contributed by atoms with Gasteiger partial charge in [0.25, 0.3) is 0 Å². The number of furan rings is 1. The van der Waals surface area contributed by atoms with Crippen molar-refractivity contribution in [2.45, 2.75) is 6.92 Å². The summed E-state index contributed by atoms with van der Waals surface area (Å²) >= 11 is 0. The molecule has 0 spiro atoms. The van der Waals surface area contributed by atoms with Crippen LogP contribution in [0.5, 0.6) is 5.75 Å². The second-order valence-electron chi connectivity index (χ2n) is 2.89. The SMILES string of the molecule is CC(=O)c1coc2ccc(O)cc12. The zero-order valence-corrected chi connectivity index (χ0v) is 7.07. The third kappa shape index (κ3) is 1.18. The van der Waals surface area contributed by atoms with Gasteiger partial charge in [-0.1, -0.05) is 0 Å². The summed E-state index contributed by atoms with van der Waals surface area (Å²) in [6.07, 6.45) is 1.41. The molecule has 0 saturated heterocycles. The lowest BCUT2D eigenvalue weighted by molar-refractivity contribution is 0.101. The first kappa shape index (κ1) is 7.86. The van der Waals surface area contributed by atoms with Crippen molar-refractivity contribution in [3.8, 4) is 5.75 Å². The predicted octanol–water partition coefficient (Wildman–Crippen LogP) is 2.34. The molecule has 0 aliphatic rings. The van der Waals surface area contributed by atoms with Gasteiger partial charge in [-0.05, 0) is 25.1 Å². The second-order valence-corrected chi connectivity index (χ2v) is 2.89. The van der Waals surface area contributed by atoms with Crippen LogP contribution in [0, 0.1) is 0 Å². The van der Waals surface area contributed by atoms with Gasteiger partial charge in [-0.15, -0.1) is 0 Å². The molecule has 66 valence electrons. The molecule has 0 aliphatic carbocycles. The van der Waals surface area contributed by atoms with Crippen molar-refractivity contribution in [2.24, 2.45) is 0 Å². The van der Waals surface area contributed by atoms with E-state index in [1.165, 1.54) is 25.3 Å². The molecule has 0 amide bonds. The largest absolute Gasteiger partial charge is 0.508 e. The number of ketones is 1. The Morgan fingerprint density at radius 2 is 2.23 bits per heavy atom. The van der Waals surface area contributed by atoms with Gasteiger partial charge >= 0.3 is 0 Å². The van der Waals surface area contributed by atoms with Crippen LogP contribution in [0.15, 0.2) is 28.9 Å². The van der Waals surface area contributed by atoms with Gasteiger partial charge in [-0.25, -0.2) is 0 Å². The Morgan fingerprint density at radius 1 is 1.46 bits per heavy atom. The highest BCUT2D eigenvalue weighted by molar-refractivity contribution is 6.06. The summed E-state index contributed by atoms with van der Waals surface area (Å²) in [6, 6.07) is 4.68. The average molecular weight is 176 g/mol. The normalized spacial score (nSPS) is 10.5. The minimum absolute atomic E-state index is 0.0654. The van der Waals surface area contributed by atoms with E-state index in [0.29, 0.717) is 16.5 Å². The lowest BCUT2D eigenvalue weighted by atomic mass is 10.1. The quantitative estimate of drug-likeness (QED) is 0.678. The molecule has 0 radical (unpaired) electrons. The van der Waals surface area contributed by atoms with E-state index in [-0.39, 0.29) is 11.5 Å². The van der Waals surface area contributed by atoms with Gasteiger partial charge in [0.15, 0.2) is 5.78 Å². The van der Waals surface area contributed by atoms with Crippen LogP contribution in [-0.4, -0.2) is 10.9 Å². The van der Waals surface area contributed by atoms with Crippen LogP contribution < -0.4 is 0 Å². The van der Waals surface area contributed by atoms with Gasteiger partial charge in [0.05, 0.1) is 5.56 Å². The van der Waals surface area contributed by atoms with Crippen LogP contribution in [0.2, 0.25) is 0 Å². The van der Waals surface area contributed by atoms with Gasteiger partial charge in [-0.3, -0.25) is 4.79 Å². The first-order valence-corrected chi connectivity index (χ1v) is 3.89. The van der Waals surface area contributed by atoms with Gasteiger partial charge < -0.3 is 9.52 Å². The molecule has 0 bridgehead atoms. The number of Topliss-reactive ketones (excluding diaryl/α,β-unsaturated/α-hetero) is 1. The Bertz CT molecular complexity index is 468. The summed E-state index contributed by atoms with van der Waals surface area (Å²) in [5.41, 5.74) is 1.12. The third-order valence-corrected chi connectivity index (χ3v) is 1.94. The highest BCUT2D eigenvalue weighted by Gasteiger charge is 2.09. The Labute approximate surface area is 74.6 Å². The molecular weight excluding hydrogens is 168 g/mol. The number of phenols is 1. The number of phenolic OH excluding ortho intramolecular Hbond substituents is 1. The number of hydrogen-bond acceptors (Lipinski definition) is 3. The van der Waals surface area contributed by atoms with Crippen LogP contribution in [0.25, 0.3) is 11.0 Å². The van der Waals surface area contributed by atoms with Crippen molar-refractivity contribution in [1.82, 2.24) is 0 Å². The van der Waals surface area contributed by atoms with E-state index in [2.05, 4.69) is 0 Å². The Kier molecular flexibility index (Phi) is 1.59. The maximum absolute atomic E-state index is 11.1. The van der Waals surface area contributed by atoms with Gasteiger partial charge in [0.2, 0.25) is 0 Å². The average Bonchev–Trinajstić information content (AvgIpc) is 2.46. The smallest absolute Gasteiger partial charge is 0.163 e. The highest BCUT2D eigenvalue weighted by atomic mass is 16.3. The standard InChI is InChI=1S/C10H8O3/c1-6(11)9-5-13-10-3-2-7(12)4-8(9)10/h2-5,12H,1H3. The highest BCUT2D eigenvalue weighted by Crippen LogP contribution is 2.25. The molecule has 0 atom stereocenters. The van der Waals surface area contributed by atoms with Crippen molar-refractivity contribution in [2.75, 3.05) is 0 Å². The van der Waals surface area contributed by atoms with E-state index < -0.39 is 0 Å². The van der Waals surface area contributed by atoms with E-state index in [9.17, 15) is 9.90 Å². The number of carbonyl (C=O) groups is 1. The van der Waals surface area contributed by atoms with Crippen molar-refractivity contribution < 1.29 is 14.3 Å². The van der Waals surface area contributed by atoms with E-state index in [1.807, 2.05) is 0 Å². The molecule has 1 heterocycles. The fourth-order valence-electron chi connectivity index (χ4n) is 1.29. The fraction of sp³-hybridized carbons (Fsp3) is 0.100. The van der Waals surface area contributed by atoms with Gasteiger partial charge in [0, 0.05) is 5.39 Å². The Hall–Kier alpha value is -1.77. The van der Waals surface area contributed by atoms with Crippen molar-refractivity contribution in [3.63, 3.8) is 0 Å². The minimum Gasteiger partial charge on any atom is -0.508 e.